The van der Waals surface area contributed by atoms with Crippen LogP contribution in [0.1, 0.15) is 44.6 Å². The molecule has 112 valence electrons. The first-order valence-electron chi connectivity index (χ1n) is 7.78. The highest BCUT2D eigenvalue weighted by Gasteiger charge is 2.37. The summed E-state index contributed by atoms with van der Waals surface area (Å²) in [4.78, 5) is 9.10. The Morgan fingerprint density at radius 1 is 1.38 bits per heavy atom. The van der Waals surface area contributed by atoms with Crippen LogP contribution in [0.5, 0.6) is 0 Å². The Hall–Kier alpha value is -1.75. The van der Waals surface area contributed by atoms with Gasteiger partial charge < -0.3 is 9.84 Å². The number of rotatable bonds is 4. The third kappa shape index (κ3) is 2.58. The highest BCUT2D eigenvalue weighted by Crippen LogP contribution is 2.34. The van der Waals surface area contributed by atoms with Crippen molar-refractivity contribution in [3.05, 3.63) is 29.8 Å². The maximum atomic E-state index is 5.61. The van der Waals surface area contributed by atoms with Gasteiger partial charge in [-0.05, 0) is 43.9 Å². The van der Waals surface area contributed by atoms with Crippen molar-refractivity contribution >= 4 is 0 Å². The lowest BCUT2D eigenvalue weighted by atomic mass is 9.78. The summed E-state index contributed by atoms with van der Waals surface area (Å²) in [5, 5.41) is 7.64. The summed E-state index contributed by atoms with van der Waals surface area (Å²) in [7, 11) is 0. The molecule has 3 rings (SSSR count). The van der Waals surface area contributed by atoms with E-state index in [9.17, 15) is 0 Å². The zero-order valence-corrected chi connectivity index (χ0v) is 12.7. The highest BCUT2D eigenvalue weighted by molar-refractivity contribution is 5.53. The first-order chi connectivity index (χ1) is 10.3. The first-order valence-corrected chi connectivity index (χ1v) is 7.78. The molecule has 0 amide bonds. The lowest BCUT2D eigenvalue weighted by molar-refractivity contribution is 0.221. The molecular formula is C16H22N4O. The molecule has 0 aromatic carbocycles. The Morgan fingerprint density at radius 3 is 3.00 bits per heavy atom. The predicted octanol–water partition coefficient (Wildman–Crippen LogP) is 2.73. The van der Waals surface area contributed by atoms with E-state index in [4.69, 9.17) is 4.52 Å². The number of nitrogens with one attached hydrogen (secondary N) is 1. The highest BCUT2D eigenvalue weighted by atomic mass is 16.5. The van der Waals surface area contributed by atoms with Crippen molar-refractivity contribution in [1.82, 2.24) is 20.4 Å². The van der Waals surface area contributed by atoms with Crippen LogP contribution >= 0.6 is 0 Å². The van der Waals surface area contributed by atoms with Crippen molar-refractivity contribution in [3.8, 4) is 11.5 Å². The SMILES string of the molecule is CCc1cccnc1-c1noc(C2(CC)CCCNC2)n1. The Balaban J connectivity index is 1.96. The van der Waals surface area contributed by atoms with E-state index in [1.54, 1.807) is 6.20 Å². The molecule has 5 heteroatoms. The van der Waals surface area contributed by atoms with Gasteiger partial charge in [-0.1, -0.05) is 25.1 Å². The molecule has 2 aromatic heterocycles. The van der Waals surface area contributed by atoms with Crippen molar-refractivity contribution in [2.24, 2.45) is 0 Å². The van der Waals surface area contributed by atoms with E-state index < -0.39 is 0 Å². The number of piperidine rings is 1. The van der Waals surface area contributed by atoms with Crippen LogP contribution in [0.3, 0.4) is 0 Å². The van der Waals surface area contributed by atoms with Crippen molar-refractivity contribution < 1.29 is 4.52 Å². The van der Waals surface area contributed by atoms with Crippen LogP contribution in [0.2, 0.25) is 0 Å². The second-order valence-electron chi connectivity index (χ2n) is 5.70. The third-order valence-corrected chi connectivity index (χ3v) is 4.51. The average molecular weight is 286 g/mol. The van der Waals surface area contributed by atoms with Gasteiger partial charge in [0.25, 0.3) is 0 Å². The molecule has 2 aromatic rings. The van der Waals surface area contributed by atoms with Crippen molar-refractivity contribution in [3.63, 3.8) is 0 Å². The summed E-state index contributed by atoms with van der Waals surface area (Å²) in [5.41, 5.74) is 1.96. The van der Waals surface area contributed by atoms with Crippen molar-refractivity contribution in [2.75, 3.05) is 13.1 Å². The summed E-state index contributed by atoms with van der Waals surface area (Å²) in [6.45, 7) is 6.28. The first kappa shape index (κ1) is 14.2. The lowest BCUT2D eigenvalue weighted by Gasteiger charge is -2.33. The van der Waals surface area contributed by atoms with Crippen molar-refractivity contribution in [2.45, 2.75) is 44.9 Å². The van der Waals surface area contributed by atoms with Gasteiger partial charge in [0.05, 0.1) is 5.41 Å². The molecule has 3 heterocycles. The molecule has 0 spiro atoms. The maximum Gasteiger partial charge on any atom is 0.234 e. The van der Waals surface area contributed by atoms with Gasteiger partial charge in [0.2, 0.25) is 11.7 Å². The summed E-state index contributed by atoms with van der Waals surface area (Å²) in [6.07, 6.45) is 5.94. The zero-order chi connectivity index (χ0) is 14.7. The van der Waals surface area contributed by atoms with E-state index in [0.29, 0.717) is 5.82 Å². The van der Waals surface area contributed by atoms with Crippen LogP contribution in [0.15, 0.2) is 22.9 Å². The van der Waals surface area contributed by atoms with Gasteiger partial charge in [0.1, 0.15) is 5.69 Å². The standard InChI is InChI=1S/C16H22N4O/c1-3-12-7-5-10-18-13(12)14-19-15(21-20-14)16(4-2)8-6-9-17-11-16/h5,7,10,17H,3-4,6,8-9,11H2,1-2H3. The molecule has 1 aliphatic heterocycles. The average Bonchev–Trinajstić information content (AvgIpc) is 3.06. The van der Waals surface area contributed by atoms with Gasteiger partial charge in [-0.3, -0.25) is 4.98 Å². The number of hydrogen-bond acceptors (Lipinski definition) is 5. The summed E-state index contributed by atoms with van der Waals surface area (Å²) in [6, 6.07) is 4.01. The largest absolute Gasteiger partial charge is 0.338 e. The number of aromatic nitrogens is 3. The number of nitrogens with zero attached hydrogens (tertiary/aromatic N) is 3. The lowest BCUT2D eigenvalue weighted by Crippen LogP contribution is -2.43. The van der Waals surface area contributed by atoms with E-state index in [1.807, 2.05) is 6.07 Å². The van der Waals surface area contributed by atoms with Crippen molar-refractivity contribution in [1.29, 1.82) is 0 Å². The van der Waals surface area contributed by atoms with E-state index in [-0.39, 0.29) is 5.41 Å². The minimum atomic E-state index is -0.0232. The summed E-state index contributed by atoms with van der Waals surface area (Å²) in [5.74, 6) is 1.36. The smallest absolute Gasteiger partial charge is 0.234 e. The fraction of sp³-hybridized carbons (Fsp3) is 0.562. The molecule has 0 saturated carbocycles. The second-order valence-corrected chi connectivity index (χ2v) is 5.70. The third-order valence-electron chi connectivity index (χ3n) is 4.51. The molecule has 1 N–H and O–H groups in total. The van der Waals surface area contributed by atoms with Gasteiger partial charge >= 0.3 is 0 Å². The van der Waals surface area contributed by atoms with Gasteiger partial charge in [-0.25, -0.2) is 0 Å². The van der Waals surface area contributed by atoms with Crippen LogP contribution in [0.25, 0.3) is 11.5 Å². The minimum absolute atomic E-state index is 0.0232. The molecule has 5 nitrogen and oxygen atoms in total. The van der Waals surface area contributed by atoms with Crippen LogP contribution in [0.4, 0.5) is 0 Å². The molecule has 0 radical (unpaired) electrons. The Labute approximate surface area is 125 Å². The molecule has 1 unspecified atom stereocenters. The fourth-order valence-electron chi connectivity index (χ4n) is 3.06. The van der Waals surface area contributed by atoms with Gasteiger partial charge in [0, 0.05) is 12.7 Å². The number of aryl methyl sites for hydroxylation is 1. The minimum Gasteiger partial charge on any atom is -0.338 e. The summed E-state index contributed by atoms with van der Waals surface area (Å²) < 4.78 is 5.61. The predicted molar refractivity (Wildman–Crippen MR) is 81.0 cm³/mol. The Kier molecular flexibility index (Phi) is 4.01. The monoisotopic (exact) mass is 286 g/mol. The van der Waals surface area contributed by atoms with Gasteiger partial charge in [-0.2, -0.15) is 4.98 Å². The van der Waals surface area contributed by atoms with E-state index in [0.717, 1.165) is 55.9 Å². The van der Waals surface area contributed by atoms with E-state index in [2.05, 4.69) is 40.4 Å². The zero-order valence-electron chi connectivity index (χ0n) is 12.7. The molecule has 0 aliphatic carbocycles. The van der Waals surface area contributed by atoms with Crippen LogP contribution in [0, 0.1) is 0 Å². The number of hydrogen-bond donors (Lipinski definition) is 1. The quantitative estimate of drug-likeness (QED) is 0.936. The molecule has 0 bridgehead atoms. The molecule has 1 aliphatic rings. The van der Waals surface area contributed by atoms with Crippen LogP contribution in [-0.2, 0) is 11.8 Å². The van der Waals surface area contributed by atoms with Crippen LogP contribution < -0.4 is 5.32 Å². The van der Waals surface area contributed by atoms with E-state index in [1.165, 1.54) is 0 Å². The van der Waals surface area contributed by atoms with Gasteiger partial charge in [0.15, 0.2) is 0 Å². The molecule has 1 saturated heterocycles. The van der Waals surface area contributed by atoms with E-state index >= 15 is 0 Å². The van der Waals surface area contributed by atoms with Gasteiger partial charge in [-0.15, -0.1) is 0 Å². The summed E-state index contributed by atoms with van der Waals surface area (Å²) >= 11 is 0. The van der Waals surface area contributed by atoms with Crippen LogP contribution in [-0.4, -0.2) is 28.2 Å². The topological polar surface area (TPSA) is 63.8 Å². The molecular weight excluding hydrogens is 264 g/mol. The Morgan fingerprint density at radius 2 is 2.29 bits per heavy atom. The molecule has 1 atom stereocenters. The fourth-order valence-corrected chi connectivity index (χ4v) is 3.06. The maximum absolute atomic E-state index is 5.61. The number of pyridine rings is 1. The molecule has 21 heavy (non-hydrogen) atoms. The second kappa shape index (κ2) is 5.93. The Bertz CT molecular complexity index is 602. The molecule has 1 fully saturated rings. The normalized spacial score (nSPS) is 22.4.